The Hall–Kier alpha value is -2.68. The second kappa shape index (κ2) is 7.28. The summed E-state index contributed by atoms with van der Waals surface area (Å²) in [6.07, 6.45) is 5.29. The normalized spacial score (nSPS) is 16.8. The lowest BCUT2D eigenvalue weighted by molar-refractivity contribution is -0.113. The molecule has 0 aliphatic carbocycles. The first kappa shape index (κ1) is 18.1. The Morgan fingerprint density at radius 2 is 1.69 bits per heavy atom. The molecule has 0 atom stereocenters. The average molecular weight is 385 g/mol. The monoisotopic (exact) mass is 385 g/mol. The van der Waals surface area contributed by atoms with Gasteiger partial charge in [-0.1, -0.05) is 42.5 Å². The lowest BCUT2D eigenvalue weighted by atomic mass is 10.2. The van der Waals surface area contributed by atoms with Crippen molar-refractivity contribution in [2.24, 2.45) is 5.14 Å². The van der Waals surface area contributed by atoms with Crippen molar-refractivity contribution < 1.29 is 13.2 Å². The Bertz CT molecular complexity index is 1010. The molecule has 1 aliphatic rings. The number of amidine groups is 1. The maximum Gasteiger partial charge on any atom is 0.271 e. The highest BCUT2D eigenvalue weighted by atomic mass is 32.2. The summed E-state index contributed by atoms with van der Waals surface area (Å²) in [6.45, 7) is 0. The predicted octanol–water partition coefficient (Wildman–Crippen LogP) is 2.95. The number of nitrogens with one attached hydrogen (secondary N) is 1. The molecule has 8 heteroatoms. The molecule has 0 bridgehead atoms. The standard InChI is InChI=1S/C18H15N3O3S2/c19-18-21(14-9-11-15(12-10-14)26(20,23)24)17(22)16(25-18)8-4-7-13-5-2-1-3-6-13/h1-12,19H,(H2,20,23,24)/b7-4+,16-8-,19-18?. The number of carbonyl (C=O) groups is 1. The zero-order valence-electron chi connectivity index (χ0n) is 13.5. The maximum atomic E-state index is 12.6. The summed E-state index contributed by atoms with van der Waals surface area (Å²) < 4.78 is 22.6. The van der Waals surface area contributed by atoms with Gasteiger partial charge in [-0.3, -0.25) is 15.1 Å². The number of carbonyl (C=O) groups excluding carboxylic acids is 1. The molecule has 0 unspecified atom stereocenters. The molecule has 2 aromatic rings. The summed E-state index contributed by atoms with van der Waals surface area (Å²) in [5.41, 5.74) is 1.42. The van der Waals surface area contributed by atoms with Crippen molar-refractivity contribution >= 4 is 44.6 Å². The number of sulfonamides is 1. The Morgan fingerprint density at radius 1 is 1.04 bits per heavy atom. The number of anilines is 1. The number of rotatable bonds is 4. The van der Waals surface area contributed by atoms with Gasteiger partial charge >= 0.3 is 0 Å². The van der Waals surface area contributed by atoms with E-state index in [0.29, 0.717) is 10.6 Å². The van der Waals surface area contributed by atoms with Crippen LogP contribution in [0.2, 0.25) is 0 Å². The van der Waals surface area contributed by atoms with Gasteiger partial charge in [0.25, 0.3) is 5.91 Å². The van der Waals surface area contributed by atoms with Crippen LogP contribution < -0.4 is 10.0 Å². The SMILES string of the molecule is N=C1S/C(=C\C=C\c2ccccc2)C(=O)N1c1ccc(S(N)(=O)=O)cc1. The van der Waals surface area contributed by atoms with Gasteiger partial charge in [-0.05, 0) is 47.7 Å². The van der Waals surface area contributed by atoms with Crippen LogP contribution in [0.3, 0.4) is 0 Å². The van der Waals surface area contributed by atoms with E-state index in [1.807, 2.05) is 36.4 Å². The smallest absolute Gasteiger partial charge is 0.271 e. The van der Waals surface area contributed by atoms with Crippen molar-refractivity contribution in [1.29, 1.82) is 5.41 Å². The van der Waals surface area contributed by atoms with E-state index in [0.717, 1.165) is 17.3 Å². The minimum atomic E-state index is -3.80. The van der Waals surface area contributed by atoms with E-state index in [4.69, 9.17) is 10.5 Å². The second-order valence-corrected chi connectivity index (χ2v) is 7.98. The van der Waals surface area contributed by atoms with Crippen LogP contribution in [0.5, 0.6) is 0 Å². The molecule has 3 rings (SSSR count). The first-order valence-corrected chi connectivity index (χ1v) is 9.90. The van der Waals surface area contributed by atoms with Gasteiger partial charge in [-0.15, -0.1) is 0 Å². The third-order valence-corrected chi connectivity index (χ3v) is 5.42. The summed E-state index contributed by atoms with van der Waals surface area (Å²) in [5, 5.41) is 13.2. The number of allylic oxidation sites excluding steroid dienone is 2. The van der Waals surface area contributed by atoms with Gasteiger partial charge in [0.1, 0.15) is 0 Å². The molecule has 6 nitrogen and oxygen atoms in total. The maximum absolute atomic E-state index is 12.6. The molecule has 1 aliphatic heterocycles. The highest BCUT2D eigenvalue weighted by Crippen LogP contribution is 2.34. The Labute approximate surface area is 155 Å². The van der Waals surface area contributed by atoms with E-state index in [-0.39, 0.29) is 16.0 Å². The molecule has 0 spiro atoms. The van der Waals surface area contributed by atoms with Crippen molar-refractivity contribution in [2.75, 3.05) is 4.90 Å². The molecule has 0 radical (unpaired) electrons. The number of thioether (sulfide) groups is 1. The summed E-state index contributed by atoms with van der Waals surface area (Å²) in [4.78, 5) is 14.1. The van der Waals surface area contributed by atoms with Crippen LogP contribution in [-0.4, -0.2) is 19.5 Å². The van der Waals surface area contributed by atoms with E-state index in [2.05, 4.69) is 0 Å². The van der Waals surface area contributed by atoms with Crippen molar-refractivity contribution in [3.63, 3.8) is 0 Å². The van der Waals surface area contributed by atoms with E-state index >= 15 is 0 Å². The molecule has 2 aromatic carbocycles. The van der Waals surface area contributed by atoms with Gasteiger partial charge in [0.2, 0.25) is 10.0 Å². The summed E-state index contributed by atoms with van der Waals surface area (Å²) in [6, 6.07) is 15.2. The molecule has 1 heterocycles. The van der Waals surface area contributed by atoms with Crippen LogP contribution in [-0.2, 0) is 14.8 Å². The number of hydrogen-bond acceptors (Lipinski definition) is 5. The number of benzene rings is 2. The Kier molecular flexibility index (Phi) is 5.08. The summed E-state index contributed by atoms with van der Waals surface area (Å²) >= 11 is 1.05. The van der Waals surface area contributed by atoms with Gasteiger partial charge in [0.05, 0.1) is 15.5 Å². The second-order valence-electron chi connectivity index (χ2n) is 5.39. The Balaban J connectivity index is 1.81. The predicted molar refractivity (Wildman–Crippen MR) is 104 cm³/mol. The van der Waals surface area contributed by atoms with Gasteiger partial charge in [-0.2, -0.15) is 0 Å². The van der Waals surface area contributed by atoms with E-state index in [1.54, 1.807) is 12.2 Å². The number of amides is 1. The van der Waals surface area contributed by atoms with Gasteiger partial charge < -0.3 is 0 Å². The molecule has 132 valence electrons. The molecule has 1 amide bonds. The molecule has 0 aromatic heterocycles. The lowest BCUT2D eigenvalue weighted by Crippen LogP contribution is -2.28. The van der Waals surface area contributed by atoms with Crippen molar-refractivity contribution in [3.8, 4) is 0 Å². The molecule has 26 heavy (non-hydrogen) atoms. The van der Waals surface area contributed by atoms with Crippen LogP contribution in [0.1, 0.15) is 5.56 Å². The average Bonchev–Trinajstić information content (AvgIpc) is 2.89. The fraction of sp³-hybridized carbons (Fsp3) is 0. The zero-order chi connectivity index (χ0) is 18.7. The minimum absolute atomic E-state index is 0.0476. The first-order chi connectivity index (χ1) is 12.4. The van der Waals surface area contributed by atoms with Crippen LogP contribution >= 0.6 is 11.8 Å². The number of primary sulfonamides is 1. The van der Waals surface area contributed by atoms with E-state index < -0.39 is 10.0 Å². The largest absolute Gasteiger partial charge is 0.278 e. The first-order valence-electron chi connectivity index (χ1n) is 7.53. The van der Waals surface area contributed by atoms with Crippen LogP contribution in [0.4, 0.5) is 5.69 Å². The quantitative estimate of drug-likeness (QED) is 0.790. The number of nitrogens with two attached hydrogens (primary N) is 1. The fourth-order valence-electron chi connectivity index (χ4n) is 2.33. The summed E-state index contributed by atoms with van der Waals surface area (Å²) in [7, 11) is -3.80. The molecule has 0 saturated carbocycles. The number of nitrogens with zero attached hydrogens (tertiary/aromatic N) is 1. The van der Waals surface area contributed by atoms with Crippen LogP contribution in [0, 0.1) is 5.41 Å². The third kappa shape index (κ3) is 3.93. The van der Waals surface area contributed by atoms with Crippen molar-refractivity contribution in [2.45, 2.75) is 4.90 Å². The van der Waals surface area contributed by atoms with Gasteiger partial charge in [-0.25, -0.2) is 13.6 Å². The topological polar surface area (TPSA) is 104 Å². The van der Waals surface area contributed by atoms with E-state index in [9.17, 15) is 13.2 Å². The highest BCUT2D eigenvalue weighted by Gasteiger charge is 2.33. The molecular formula is C18H15N3O3S2. The molecule has 1 fully saturated rings. The van der Waals surface area contributed by atoms with E-state index in [1.165, 1.54) is 29.2 Å². The lowest BCUT2D eigenvalue weighted by Gasteiger charge is -2.14. The van der Waals surface area contributed by atoms with Crippen molar-refractivity contribution in [3.05, 3.63) is 77.2 Å². The molecule has 3 N–H and O–H groups in total. The summed E-state index contributed by atoms with van der Waals surface area (Å²) in [5.74, 6) is -0.332. The molecule has 1 saturated heterocycles. The minimum Gasteiger partial charge on any atom is -0.278 e. The highest BCUT2D eigenvalue weighted by molar-refractivity contribution is 8.19. The van der Waals surface area contributed by atoms with Gasteiger partial charge in [0, 0.05) is 0 Å². The zero-order valence-corrected chi connectivity index (χ0v) is 15.1. The van der Waals surface area contributed by atoms with Crippen LogP contribution in [0.15, 0.2) is 76.5 Å². The van der Waals surface area contributed by atoms with Crippen molar-refractivity contribution in [1.82, 2.24) is 0 Å². The number of hydrogen-bond donors (Lipinski definition) is 2. The van der Waals surface area contributed by atoms with Crippen LogP contribution in [0.25, 0.3) is 6.08 Å². The fourth-order valence-corrected chi connectivity index (χ4v) is 3.66. The molecular weight excluding hydrogens is 370 g/mol. The third-order valence-electron chi connectivity index (χ3n) is 3.58. The van der Waals surface area contributed by atoms with Gasteiger partial charge in [0.15, 0.2) is 5.17 Å². The Morgan fingerprint density at radius 3 is 2.31 bits per heavy atom.